The van der Waals surface area contributed by atoms with Crippen LogP contribution in [0.15, 0.2) is 54.6 Å². The molecule has 1 N–H and O–H groups in total. The van der Waals surface area contributed by atoms with Crippen LogP contribution in [-0.4, -0.2) is 72.6 Å². The minimum Gasteiger partial charge on any atom is -0.389 e. The summed E-state index contributed by atoms with van der Waals surface area (Å²) in [6.45, 7) is 1.71. The summed E-state index contributed by atoms with van der Waals surface area (Å²) in [7, 11) is 5.82. The zero-order valence-electron chi connectivity index (χ0n) is 17.4. The van der Waals surface area contributed by atoms with Gasteiger partial charge in [0.05, 0.1) is 18.2 Å². The van der Waals surface area contributed by atoms with Crippen molar-refractivity contribution < 1.29 is 14.3 Å². The molecule has 2 aromatic rings. The minimum atomic E-state index is -0.681. The van der Waals surface area contributed by atoms with Gasteiger partial charge in [-0.3, -0.25) is 14.6 Å². The largest absolute Gasteiger partial charge is 0.389 e. The molecule has 0 radical (unpaired) electrons. The van der Waals surface area contributed by atoms with Gasteiger partial charge in [-0.25, -0.2) is 4.39 Å². The van der Waals surface area contributed by atoms with E-state index in [-0.39, 0.29) is 18.3 Å². The van der Waals surface area contributed by atoms with Crippen molar-refractivity contribution in [1.82, 2.24) is 14.7 Å². The molecule has 2 atom stereocenters. The molecule has 0 saturated carbocycles. The number of nitrogens with zero attached hydrogens (tertiary/aromatic N) is 3. The number of aliphatic hydroxyl groups is 1. The van der Waals surface area contributed by atoms with Crippen LogP contribution in [0, 0.1) is 5.82 Å². The highest BCUT2D eigenvalue weighted by molar-refractivity contribution is 5.78. The first-order valence-corrected chi connectivity index (χ1v) is 9.94. The maximum Gasteiger partial charge on any atom is 0.236 e. The number of rotatable bonds is 6. The molecular formula is C23H30FN3O2. The van der Waals surface area contributed by atoms with E-state index in [1.165, 1.54) is 12.1 Å². The van der Waals surface area contributed by atoms with Crippen LogP contribution in [0.3, 0.4) is 0 Å². The van der Waals surface area contributed by atoms with Crippen molar-refractivity contribution in [2.45, 2.75) is 24.6 Å². The van der Waals surface area contributed by atoms with Crippen LogP contribution in [0.1, 0.15) is 17.5 Å². The van der Waals surface area contributed by atoms with E-state index in [0.29, 0.717) is 26.1 Å². The third-order valence-electron chi connectivity index (χ3n) is 5.90. The lowest BCUT2D eigenvalue weighted by Crippen LogP contribution is -2.61. The molecule has 0 aromatic heterocycles. The van der Waals surface area contributed by atoms with E-state index in [9.17, 15) is 14.3 Å². The van der Waals surface area contributed by atoms with Crippen molar-refractivity contribution in [2.75, 3.05) is 40.8 Å². The molecule has 1 heterocycles. The normalized spacial score (nSPS) is 22.3. The number of halogens is 1. The van der Waals surface area contributed by atoms with E-state index in [2.05, 4.69) is 4.90 Å². The van der Waals surface area contributed by atoms with Crippen LogP contribution in [0.5, 0.6) is 0 Å². The van der Waals surface area contributed by atoms with Gasteiger partial charge in [-0.15, -0.1) is 0 Å². The van der Waals surface area contributed by atoms with Gasteiger partial charge in [-0.2, -0.15) is 0 Å². The van der Waals surface area contributed by atoms with Crippen LogP contribution < -0.4 is 0 Å². The fourth-order valence-corrected chi connectivity index (χ4v) is 4.28. The summed E-state index contributed by atoms with van der Waals surface area (Å²) in [6.07, 6.45) is -0.0153. The maximum atomic E-state index is 13.1. The van der Waals surface area contributed by atoms with E-state index in [1.807, 2.05) is 56.4 Å². The summed E-state index contributed by atoms with van der Waals surface area (Å²) < 4.78 is 13.1. The summed E-state index contributed by atoms with van der Waals surface area (Å²) in [5.41, 5.74) is 1.52. The monoisotopic (exact) mass is 399 g/mol. The van der Waals surface area contributed by atoms with E-state index < -0.39 is 11.6 Å². The standard InChI is InChI=1S/C23H30FN3O2/c1-25(2)23(19-7-5-4-6-8-19)13-14-27(16-21(23)28)22(29)17-26(3)15-18-9-11-20(24)12-10-18/h4-12,21,28H,13-17H2,1-3H3/t21-,23+/m1/s1. The second-order valence-corrected chi connectivity index (χ2v) is 8.09. The molecule has 0 aliphatic carbocycles. The van der Waals surface area contributed by atoms with Gasteiger partial charge in [0.2, 0.25) is 5.91 Å². The smallest absolute Gasteiger partial charge is 0.236 e. The van der Waals surface area contributed by atoms with Crippen molar-refractivity contribution in [2.24, 2.45) is 0 Å². The highest BCUT2D eigenvalue weighted by Crippen LogP contribution is 2.37. The first kappa shape index (κ1) is 21.4. The first-order chi connectivity index (χ1) is 13.8. The molecule has 156 valence electrons. The fourth-order valence-electron chi connectivity index (χ4n) is 4.28. The highest BCUT2D eigenvalue weighted by Gasteiger charge is 2.46. The SMILES string of the molecule is CN(CC(=O)N1CC[C@@](c2ccccc2)(N(C)C)[C@H](O)C1)Cc1ccc(F)cc1. The number of likely N-dealkylation sites (N-methyl/N-ethyl adjacent to an activating group) is 2. The van der Waals surface area contributed by atoms with Gasteiger partial charge in [0.15, 0.2) is 0 Å². The lowest BCUT2D eigenvalue weighted by atomic mass is 9.77. The average Bonchev–Trinajstić information content (AvgIpc) is 2.70. The Bertz CT molecular complexity index is 813. The summed E-state index contributed by atoms with van der Waals surface area (Å²) in [5, 5.41) is 11.1. The van der Waals surface area contributed by atoms with Crippen molar-refractivity contribution >= 4 is 5.91 Å². The Hall–Kier alpha value is -2.28. The highest BCUT2D eigenvalue weighted by atomic mass is 19.1. The van der Waals surface area contributed by atoms with Crippen LogP contribution >= 0.6 is 0 Å². The number of piperidine rings is 1. The van der Waals surface area contributed by atoms with Gasteiger partial charge in [-0.1, -0.05) is 42.5 Å². The average molecular weight is 400 g/mol. The van der Waals surface area contributed by atoms with Crippen LogP contribution in [-0.2, 0) is 16.9 Å². The van der Waals surface area contributed by atoms with Crippen LogP contribution in [0.2, 0.25) is 0 Å². The number of benzene rings is 2. The number of carbonyl (C=O) groups excluding carboxylic acids is 1. The van der Waals surface area contributed by atoms with Gasteiger partial charge in [0.25, 0.3) is 0 Å². The Kier molecular flexibility index (Phi) is 6.67. The van der Waals surface area contributed by atoms with E-state index in [0.717, 1.165) is 11.1 Å². The molecule has 0 unspecified atom stereocenters. The van der Waals surface area contributed by atoms with Gasteiger partial charge >= 0.3 is 0 Å². The summed E-state index contributed by atoms with van der Waals surface area (Å²) in [6, 6.07) is 16.3. The second kappa shape index (κ2) is 9.03. The Morgan fingerprint density at radius 1 is 1.14 bits per heavy atom. The van der Waals surface area contributed by atoms with Crippen LogP contribution in [0.25, 0.3) is 0 Å². The third kappa shape index (κ3) is 4.66. The quantitative estimate of drug-likeness (QED) is 0.810. The van der Waals surface area contributed by atoms with Gasteiger partial charge in [-0.05, 0) is 50.8 Å². The van der Waals surface area contributed by atoms with Crippen molar-refractivity contribution in [1.29, 1.82) is 0 Å². The molecule has 1 fully saturated rings. The molecule has 3 rings (SSSR count). The zero-order valence-corrected chi connectivity index (χ0v) is 17.4. The molecule has 1 aliphatic rings. The molecule has 6 heteroatoms. The molecule has 5 nitrogen and oxygen atoms in total. The lowest BCUT2D eigenvalue weighted by Gasteiger charge is -2.50. The van der Waals surface area contributed by atoms with Crippen molar-refractivity contribution in [3.8, 4) is 0 Å². The Balaban J connectivity index is 1.63. The number of aliphatic hydroxyl groups excluding tert-OH is 1. The Labute approximate surface area is 172 Å². The second-order valence-electron chi connectivity index (χ2n) is 8.09. The molecule has 1 saturated heterocycles. The topological polar surface area (TPSA) is 47.0 Å². The predicted octanol–water partition coefficient (Wildman–Crippen LogP) is 2.31. The minimum absolute atomic E-state index is 0.00548. The third-order valence-corrected chi connectivity index (χ3v) is 5.90. The first-order valence-electron chi connectivity index (χ1n) is 9.94. The Morgan fingerprint density at radius 3 is 2.38 bits per heavy atom. The van der Waals surface area contributed by atoms with Gasteiger partial charge in [0.1, 0.15) is 5.82 Å². The van der Waals surface area contributed by atoms with E-state index >= 15 is 0 Å². The fraction of sp³-hybridized carbons (Fsp3) is 0.435. The Morgan fingerprint density at radius 2 is 1.79 bits per heavy atom. The van der Waals surface area contributed by atoms with Gasteiger partial charge < -0.3 is 10.0 Å². The molecule has 2 aromatic carbocycles. The molecule has 0 spiro atoms. The van der Waals surface area contributed by atoms with Crippen molar-refractivity contribution in [3.05, 3.63) is 71.5 Å². The summed E-state index contributed by atoms with van der Waals surface area (Å²) in [5.74, 6) is -0.272. The zero-order chi connectivity index (χ0) is 21.0. The van der Waals surface area contributed by atoms with Crippen molar-refractivity contribution in [3.63, 3.8) is 0 Å². The van der Waals surface area contributed by atoms with Gasteiger partial charge in [0, 0.05) is 19.6 Å². The molecule has 1 aliphatic heterocycles. The maximum absolute atomic E-state index is 13.1. The lowest BCUT2D eigenvalue weighted by molar-refractivity contribution is -0.141. The summed E-state index contributed by atoms with van der Waals surface area (Å²) in [4.78, 5) is 18.5. The number of amides is 1. The van der Waals surface area contributed by atoms with E-state index in [4.69, 9.17) is 0 Å². The number of carbonyl (C=O) groups is 1. The predicted molar refractivity (Wildman–Crippen MR) is 112 cm³/mol. The number of hydrogen-bond acceptors (Lipinski definition) is 4. The number of likely N-dealkylation sites (tertiary alicyclic amines) is 1. The molecular weight excluding hydrogens is 369 g/mol. The van der Waals surface area contributed by atoms with Crippen LogP contribution in [0.4, 0.5) is 4.39 Å². The number of hydrogen-bond donors (Lipinski definition) is 1. The molecule has 29 heavy (non-hydrogen) atoms. The number of β-amino-alcohol motifs (C(OH)–C–C–N with tert-alkyl or cyclic N) is 1. The molecule has 0 bridgehead atoms. The van der Waals surface area contributed by atoms with E-state index in [1.54, 1.807) is 17.0 Å². The molecule has 1 amide bonds. The summed E-state index contributed by atoms with van der Waals surface area (Å²) >= 11 is 0.